The van der Waals surface area contributed by atoms with Crippen LogP contribution in [0.5, 0.6) is 0 Å². The summed E-state index contributed by atoms with van der Waals surface area (Å²) in [7, 11) is 0. The zero-order valence-corrected chi connectivity index (χ0v) is 11.3. The van der Waals surface area contributed by atoms with Gasteiger partial charge in [0.2, 0.25) is 0 Å². The van der Waals surface area contributed by atoms with Crippen LogP contribution in [0, 0.1) is 17.8 Å². The number of fused-ring (bicyclic) bond motifs is 2. The number of rotatable bonds is 2. The lowest BCUT2D eigenvalue weighted by molar-refractivity contribution is -0.183. The van der Waals surface area contributed by atoms with Gasteiger partial charge in [0, 0.05) is 11.8 Å². The Kier molecular flexibility index (Phi) is 2.93. The number of hydrogen-bond acceptors (Lipinski definition) is 4. The van der Waals surface area contributed by atoms with E-state index in [0.29, 0.717) is 19.3 Å². The summed E-state index contributed by atoms with van der Waals surface area (Å²) in [5, 5.41) is -3.76. The van der Waals surface area contributed by atoms with Crippen LogP contribution in [-0.2, 0) is 14.3 Å². The molecule has 0 aromatic heterocycles. The molecule has 19 heavy (non-hydrogen) atoms. The summed E-state index contributed by atoms with van der Waals surface area (Å²) in [6.07, 6.45) is 3.94. The quantitative estimate of drug-likeness (QED) is 0.628. The van der Waals surface area contributed by atoms with E-state index in [1.165, 1.54) is 0 Å². The van der Waals surface area contributed by atoms with Crippen molar-refractivity contribution in [3.63, 3.8) is 0 Å². The minimum Gasteiger partial charge on any atom is -0.454 e. The summed E-state index contributed by atoms with van der Waals surface area (Å²) in [4.78, 5) is 23.5. The van der Waals surface area contributed by atoms with E-state index in [0.717, 1.165) is 19.3 Å². The standard InChI is InChI=1S/C13H16F2O3S/c14-13(15,19)11(17)18-12-3-1-2-9-7(5-12)4-8(6-12)10(9)16/h7-9,19H,1-6H2. The second kappa shape index (κ2) is 4.17. The highest BCUT2D eigenvalue weighted by Crippen LogP contribution is 2.54. The molecule has 4 atom stereocenters. The molecule has 3 saturated carbocycles. The highest BCUT2D eigenvalue weighted by molar-refractivity contribution is 7.82. The second-order valence-corrected chi connectivity index (χ2v) is 6.68. The van der Waals surface area contributed by atoms with Gasteiger partial charge in [0.05, 0.1) is 0 Å². The van der Waals surface area contributed by atoms with Gasteiger partial charge in [0.15, 0.2) is 0 Å². The number of carbonyl (C=O) groups is 2. The van der Waals surface area contributed by atoms with Crippen LogP contribution in [0.2, 0.25) is 0 Å². The van der Waals surface area contributed by atoms with Crippen molar-refractivity contribution in [2.45, 2.75) is 49.4 Å². The van der Waals surface area contributed by atoms with Gasteiger partial charge in [-0.15, -0.1) is 0 Å². The van der Waals surface area contributed by atoms with E-state index >= 15 is 0 Å². The fourth-order valence-electron chi connectivity index (χ4n) is 4.22. The minimum atomic E-state index is -3.76. The van der Waals surface area contributed by atoms with E-state index in [2.05, 4.69) is 12.6 Å². The summed E-state index contributed by atoms with van der Waals surface area (Å²) >= 11 is 2.97. The molecule has 0 aromatic carbocycles. The molecule has 106 valence electrons. The van der Waals surface area contributed by atoms with Crippen molar-refractivity contribution in [3.05, 3.63) is 0 Å². The fraction of sp³-hybridized carbons (Fsp3) is 0.846. The Labute approximate surface area is 115 Å². The zero-order chi connectivity index (χ0) is 13.8. The summed E-state index contributed by atoms with van der Waals surface area (Å²) in [5.41, 5.74) is -0.863. The number of alkyl halides is 2. The van der Waals surface area contributed by atoms with Crippen molar-refractivity contribution in [3.8, 4) is 0 Å². The van der Waals surface area contributed by atoms with Crippen LogP contribution in [0.15, 0.2) is 0 Å². The second-order valence-electron chi connectivity index (χ2n) is 6.12. The molecule has 0 heterocycles. The Morgan fingerprint density at radius 1 is 1.42 bits per heavy atom. The van der Waals surface area contributed by atoms with E-state index < -0.39 is 16.8 Å². The van der Waals surface area contributed by atoms with Crippen molar-refractivity contribution in [2.24, 2.45) is 17.8 Å². The summed E-state index contributed by atoms with van der Waals surface area (Å²) < 4.78 is 30.9. The van der Waals surface area contributed by atoms with E-state index in [-0.39, 0.29) is 23.5 Å². The fourth-order valence-corrected chi connectivity index (χ4v) is 4.26. The predicted molar refractivity (Wildman–Crippen MR) is 65.9 cm³/mol. The molecule has 0 saturated heterocycles. The molecule has 3 bridgehead atoms. The molecule has 0 aromatic rings. The van der Waals surface area contributed by atoms with Gasteiger partial charge in [-0.2, -0.15) is 8.78 Å². The van der Waals surface area contributed by atoms with E-state index in [4.69, 9.17) is 4.74 Å². The van der Waals surface area contributed by atoms with Gasteiger partial charge >= 0.3 is 11.2 Å². The Hall–Kier alpha value is -0.650. The smallest absolute Gasteiger partial charge is 0.388 e. The Bertz CT molecular complexity index is 434. The highest BCUT2D eigenvalue weighted by atomic mass is 32.1. The number of halogens is 2. The number of carbonyl (C=O) groups excluding carboxylic acids is 2. The maximum Gasteiger partial charge on any atom is 0.388 e. The molecule has 0 amide bonds. The van der Waals surface area contributed by atoms with Crippen molar-refractivity contribution >= 4 is 24.4 Å². The van der Waals surface area contributed by atoms with Gasteiger partial charge in [-0.3, -0.25) is 4.79 Å². The van der Waals surface area contributed by atoms with Crippen molar-refractivity contribution in [1.82, 2.24) is 0 Å². The molecular weight excluding hydrogens is 274 g/mol. The number of ketones is 1. The van der Waals surface area contributed by atoms with Gasteiger partial charge < -0.3 is 4.74 Å². The molecule has 0 radical (unpaired) electrons. The topological polar surface area (TPSA) is 43.4 Å². The Morgan fingerprint density at radius 3 is 2.84 bits per heavy atom. The lowest BCUT2D eigenvalue weighted by Gasteiger charge is -2.39. The average Bonchev–Trinajstić information content (AvgIpc) is 2.44. The first kappa shape index (κ1) is 13.3. The Morgan fingerprint density at radius 2 is 2.16 bits per heavy atom. The molecule has 3 aliphatic carbocycles. The SMILES string of the molecule is O=C1C2CC3CC(OC(=O)C(F)(F)S)(CCCC13)C2. The molecule has 3 aliphatic rings. The van der Waals surface area contributed by atoms with Crippen LogP contribution in [0.1, 0.15) is 38.5 Å². The van der Waals surface area contributed by atoms with Gasteiger partial charge in [0.1, 0.15) is 11.4 Å². The van der Waals surface area contributed by atoms with Crippen LogP contribution < -0.4 is 0 Å². The zero-order valence-electron chi connectivity index (χ0n) is 10.4. The summed E-state index contributed by atoms with van der Waals surface area (Å²) in [6, 6.07) is 0. The van der Waals surface area contributed by atoms with Crippen LogP contribution >= 0.6 is 12.6 Å². The summed E-state index contributed by atoms with van der Waals surface area (Å²) in [5.74, 6) is -1.17. The molecule has 0 spiro atoms. The lowest BCUT2D eigenvalue weighted by atomic mass is 9.76. The third-order valence-electron chi connectivity index (χ3n) is 4.88. The maximum atomic E-state index is 12.9. The van der Waals surface area contributed by atoms with Gasteiger partial charge in [0.25, 0.3) is 0 Å². The molecule has 0 aliphatic heterocycles. The largest absolute Gasteiger partial charge is 0.454 e. The first-order valence-corrected chi connectivity index (χ1v) is 7.13. The monoisotopic (exact) mass is 290 g/mol. The highest BCUT2D eigenvalue weighted by Gasteiger charge is 2.57. The minimum absolute atomic E-state index is 0.0598. The Balaban J connectivity index is 1.84. The molecular formula is C13H16F2O3S. The number of ether oxygens (including phenoxy) is 1. The normalized spacial score (nSPS) is 41.2. The average molecular weight is 290 g/mol. The first-order valence-electron chi connectivity index (χ1n) is 6.68. The molecule has 3 fully saturated rings. The van der Waals surface area contributed by atoms with E-state index in [9.17, 15) is 18.4 Å². The molecule has 0 N–H and O–H groups in total. The third kappa shape index (κ3) is 2.18. The first-order chi connectivity index (χ1) is 8.81. The van der Waals surface area contributed by atoms with Crippen LogP contribution in [-0.4, -0.2) is 22.6 Å². The van der Waals surface area contributed by atoms with E-state index in [1.54, 1.807) is 0 Å². The van der Waals surface area contributed by atoms with Gasteiger partial charge in [-0.1, -0.05) is 12.6 Å². The molecule has 6 heteroatoms. The molecule has 4 unspecified atom stereocenters. The van der Waals surface area contributed by atoms with Crippen molar-refractivity contribution in [1.29, 1.82) is 0 Å². The summed E-state index contributed by atoms with van der Waals surface area (Å²) in [6.45, 7) is 0. The number of thiol groups is 1. The number of hydrogen-bond donors (Lipinski definition) is 1. The van der Waals surface area contributed by atoms with Crippen molar-refractivity contribution in [2.75, 3.05) is 0 Å². The number of Topliss-reactive ketones (excluding diaryl/α,β-unsaturated/α-hetero) is 1. The lowest BCUT2D eigenvalue weighted by Crippen LogP contribution is -2.44. The molecule has 3 rings (SSSR count). The predicted octanol–water partition coefficient (Wildman–Crippen LogP) is 2.59. The van der Waals surface area contributed by atoms with Gasteiger partial charge in [-0.05, 0) is 44.4 Å². The third-order valence-corrected chi connectivity index (χ3v) is 5.06. The van der Waals surface area contributed by atoms with Crippen LogP contribution in [0.3, 0.4) is 0 Å². The van der Waals surface area contributed by atoms with Crippen LogP contribution in [0.4, 0.5) is 8.78 Å². The maximum absolute atomic E-state index is 12.9. The molecule has 3 nitrogen and oxygen atoms in total. The van der Waals surface area contributed by atoms with Crippen molar-refractivity contribution < 1.29 is 23.1 Å². The number of esters is 1. The van der Waals surface area contributed by atoms with Crippen LogP contribution in [0.25, 0.3) is 0 Å². The van der Waals surface area contributed by atoms with Gasteiger partial charge in [-0.25, -0.2) is 4.79 Å². The van der Waals surface area contributed by atoms with E-state index in [1.807, 2.05) is 0 Å².